The average molecular weight is 291 g/mol. The SMILES string of the molecule is CC(C)C1CCN(C(=O)C2(N)CCOCC2)CC1.Cl. The maximum atomic E-state index is 12.5. The third-order valence-corrected chi connectivity index (χ3v) is 4.58. The first-order valence-electron chi connectivity index (χ1n) is 7.19. The van der Waals surface area contributed by atoms with Gasteiger partial charge in [0.2, 0.25) is 5.91 Å². The van der Waals surface area contributed by atoms with Gasteiger partial charge in [0.15, 0.2) is 0 Å². The molecule has 0 bridgehead atoms. The Labute approximate surface area is 122 Å². The molecule has 5 heteroatoms. The van der Waals surface area contributed by atoms with Crippen molar-refractivity contribution in [2.24, 2.45) is 17.6 Å². The van der Waals surface area contributed by atoms with E-state index in [1.165, 1.54) is 0 Å². The number of hydrogen-bond donors (Lipinski definition) is 1. The van der Waals surface area contributed by atoms with Crippen LogP contribution in [0.4, 0.5) is 0 Å². The topological polar surface area (TPSA) is 55.6 Å². The molecule has 0 spiro atoms. The van der Waals surface area contributed by atoms with Gasteiger partial charge in [-0.05, 0) is 37.5 Å². The van der Waals surface area contributed by atoms with E-state index in [1.807, 2.05) is 4.90 Å². The van der Waals surface area contributed by atoms with Gasteiger partial charge in [0.05, 0.1) is 5.54 Å². The van der Waals surface area contributed by atoms with E-state index < -0.39 is 5.54 Å². The quantitative estimate of drug-likeness (QED) is 0.844. The van der Waals surface area contributed by atoms with Crippen LogP contribution in [0, 0.1) is 11.8 Å². The van der Waals surface area contributed by atoms with Crippen LogP contribution in [-0.4, -0.2) is 42.6 Å². The van der Waals surface area contributed by atoms with Crippen molar-refractivity contribution in [3.63, 3.8) is 0 Å². The third-order valence-electron chi connectivity index (χ3n) is 4.58. The van der Waals surface area contributed by atoms with Gasteiger partial charge in [0, 0.05) is 26.3 Å². The smallest absolute Gasteiger partial charge is 0.242 e. The molecule has 2 fully saturated rings. The van der Waals surface area contributed by atoms with Gasteiger partial charge >= 0.3 is 0 Å². The van der Waals surface area contributed by atoms with Crippen molar-refractivity contribution < 1.29 is 9.53 Å². The van der Waals surface area contributed by atoms with E-state index in [9.17, 15) is 4.79 Å². The lowest BCUT2D eigenvalue weighted by Gasteiger charge is -2.40. The summed E-state index contributed by atoms with van der Waals surface area (Å²) >= 11 is 0. The number of carbonyl (C=O) groups excluding carboxylic acids is 1. The summed E-state index contributed by atoms with van der Waals surface area (Å²) in [4.78, 5) is 14.5. The van der Waals surface area contributed by atoms with Crippen LogP contribution in [0.3, 0.4) is 0 Å². The summed E-state index contributed by atoms with van der Waals surface area (Å²) in [7, 11) is 0. The maximum Gasteiger partial charge on any atom is 0.242 e. The molecule has 19 heavy (non-hydrogen) atoms. The van der Waals surface area contributed by atoms with Crippen molar-refractivity contribution in [2.45, 2.75) is 45.1 Å². The summed E-state index contributed by atoms with van der Waals surface area (Å²) in [5.41, 5.74) is 5.59. The number of amides is 1. The van der Waals surface area contributed by atoms with E-state index in [2.05, 4.69) is 13.8 Å². The molecule has 0 aromatic carbocycles. The zero-order valence-electron chi connectivity index (χ0n) is 12.1. The number of carbonyl (C=O) groups is 1. The normalized spacial score (nSPS) is 24.1. The molecule has 112 valence electrons. The highest BCUT2D eigenvalue weighted by Crippen LogP contribution is 2.27. The molecular formula is C14H27ClN2O2. The lowest BCUT2D eigenvalue weighted by atomic mass is 9.84. The van der Waals surface area contributed by atoms with Crippen LogP contribution in [0.25, 0.3) is 0 Å². The Morgan fingerprint density at radius 3 is 2.26 bits per heavy atom. The van der Waals surface area contributed by atoms with E-state index in [0.717, 1.165) is 37.8 Å². The van der Waals surface area contributed by atoms with Crippen molar-refractivity contribution in [3.05, 3.63) is 0 Å². The Bertz CT molecular complexity index is 296. The largest absolute Gasteiger partial charge is 0.381 e. The van der Waals surface area contributed by atoms with Gasteiger partial charge < -0.3 is 15.4 Å². The second kappa shape index (κ2) is 6.91. The fourth-order valence-electron chi connectivity index (χ4n) is 3.03. The lowest BCUT2D eigenvalue weighted by Crippen LogP contribution is -2.59. The summed E-state index contributed by atoms with van der Waals surface area (Å²) in [6.45, 7) is 7.52. The number of ether oxygens (including phenoxy) is 1. The van der Waals surface area contributed by atoms with Gasteiger partial charge in [0.1, 0.15) is 0 Å². The Hall–Kier alpha value is -0.320. The number of piperidine rings is 1. The third kappa shape index (κ3) is 3.83. The van der Waals surface area contributed by atoms with Crippen LogP contribution < -0.4 is 5.73 Å². The standard InChI is InChI=1S/C14H26N2O2.ClH/c1-11(2)12-3-7-16(8-4-12)13(17)14(15)5-9-18-10-6-14;/h11-12H,3-10,15H2,1-2H3;1H. The van der Waals surface area contributed by atoms with Crippen molar-refractivity contribution in [3.8, 4) is 0 Å². The second-order valence-corrected chi connectivity index (χ2v) is 6.14. The van der Waals surface area contributed by atoms with Crippen LogP contribution in [0.2, 0.25) is 0 Å². The zero-order chi connectivity index (χ0) is 13.2. The minimum Gasteiger partial charge on any atom is -0.381 e. The number of hydrogen-bond acceptors (Lipinski definition) is 3. The summed E-state index contributed by atoms with van der Waals surface area (Å²) < 4.78 is 5.30. The fraction of sp³-hybridized carbons (Fsp3) is 0.929. The molecule has 0 atom stereocenters. The minimum atomic E-state index is -0.664. The van der Waals surface area contributed by atoms with E-state index >= 15 is 0 Å². The second-order valence-electron chi connectivity index (χ2n) is 6.14. The number of nitrogens with zero attached hydrogens (tertiary/aromatic N) is 1. The Morgan fingerprint density at radius 1 is 1.26 bits per heavy atom. The van der Waals surface area contributed by atoms with Crippen LogP contribution in [0.5, 0.6) is 0 Å². The van der Waals surface area contributed by atoms with Gasteiger partial charge in [-0.2, -0.15) is 0 Å². The Balaban J connectivity index is 0.00000180. The molecule has 1 amide bonds. The molecule has 0 saturated carbocycles. The number of likely N-dealkylation sites (tertiary alicyclic amines) is 1. The molecule has 0 radical (unpaired) electrons. The summed E-state index contributed by atoms with van der Waals surface area (Å²) in [5, 5.41) is 0. The molecule has 2 N–H and O–H groups in total. The van der Waals surface area contributed by atoms with Crippen molar-refractivity contribution in [1.82, 2.24) is 4.90 Å². The highest BCUT2D eigenvalue weighted by atomic mass is 35.5. The Kier molecular flexibility index (Phi) is 6.09. The molecule has 2 saturated heterocycles. The van der Waals surface area contributed by atoms with Crippen LogP contribution in [0.1, 0.15) is 39.5 Å². The molecule has 4 nitrogen and oxygen atoms in total. The molecule has 0 aromatic heterocycles. The van der Waals surface area contributed by atoms with Crippen molar-refractivity contribution >= 4 is 18.3 Å². The minimum absolute atomic E-state index is 0. The Morgan fingerprint density at radius 2 is 1.79 bits per heavy atom. The summed E-state index contributed by atoms with van der Waals surface area (Å²) in [5.74, 6) is 1.63. The molecular weight excluding hydrogens is 264 g/mol. The molecule has 0 aliphatic carbocycles. The van der Waals surface area contributed by atoms with Crippen molar-refractivity contribution in [1.29, 1.82) is 0 Å². The highest BCUT2D eigenvalue weighted by molar-refractivity contribution is 5.86. The molecule has 0 aromatic rings. The molecule has 2 aliphatic rings. The predicted octanol–water partition coefficient (Wildman–Crippen LogP) is 1.81. The molecule has 0 unspecified atom stereocenters. The van der Waals surface area contributed by atoms with Gasteiger partial charge in [-0.1, -0.05) is 13.8 Å². The maximum absolute atomic E-state index is 12.5. The average Bonchev–Trinajstić information content (AvgIpc) is 2.39. The van der Waals surface area contributed by atoms with Gasteiger partial charge in [-0.3, -0.25) is 4.79 Å². The predicted molar refractivity (Wildman–Crippen MR) is 78.4 cm³/mol. The fourth-order valence-corrected chi connectivity index (χ4v) is 3.03. The highest BCUT2D eigenvalue weighted by Gasteiger charge is 2.39. The van der Waals surface area contributed by atoms with Gasteiger partial charge in [-0.15, -0.1) is 12.4 Å². The van der Waals surface area contributed by atoms with Crippen LogP contribution in [-0.2, 0) is 9.53 Å². The first-order chi connectivity index (χ1) is 8.53. The monoisotopic (exact) mass is 290 g/mol. The molecule has 2 rings (SSSR count). The van der Waals surface area contributed by atoms with E-state index in [0.29, 0.717) is 26.1 Å². The van der Waals surface area contributed by atoms with E-state index in [4.69, 9.17) is 10.5 Å². The summed E-state index contributed by atoms with van der Waals surface area (Å²) in [6, 6.07) is 0. The van der Waals surface area contributed by atoms with Crippen LogP contribution >= 0.6 is 12.4 Å². The van der Waals surface area contributed by atoms with Crippen LogP contribution in [0.15, 0.2) is 0 Å². The first kappa shape index (κ1) is 16.7. The van der Waals surface area contributed by atoms with Gasteiger partial charge in [-0.25, -0.2) is 0 Å². The summed E-state index contributed by atoms with van der Waals surface area (Å²) in [6.07, 6.45) is 3.57. The van der Waals surface area contributed by atoms with E-state index in [1.54, 1.807) is 0 Å². The number of halogens is 1. The van der Waals surface area contributed by atoms with Crippen molar-refractivity contribution in [2.75, 3.05) is 26.3 Å². The first-order valence-corrected chi connectivity index (χ1v) is 7.19. The lowest BCUT2D eigenvalue weighted by molar-refractivity contribution is -0.142. The van der Waals surface area contributed by atoms with Gasteiger partial charge in [0.25, 0.3) is 0 Å². The zero-order valence-corrected chi connectivity index (χ0v) is 12.9. The van der Waals surface area contributed by atoms with E-state index in [-0.39, 0.29) is 18.3 Å². The number of nitrogens with two attached hydrogens (primary N) is 1. The number of rotatable bonds is 2. The molecule has 2 heterocycles. The molecule has 2 aliphatic heterocycles.